The molecule has 1 aliphatic rings. The fourth-order valence-electron chi connectivity index (χ4n) is 4.22. The average Bonchev–Trinajstić information content (AvgIpc) is 2.98. The predicted molar refractivity (Wildman–Crippen MR) is 151 cm³/mol. The highest BCUT2D eigenvalue weighted by molar-refractivity contribution is 5.83. The minimum Gasteiger partial charge on any atom is -0.497 e. The van der Waals surface area contributed by atoms with E-state index >= 15 is 0 Å². The zero-order chi connectivity index (χ0) is 33.2. The van der Waals surface area contributed by atoms with Crippen molar-refractivity contribution in [1.82, 2.24) is 4.98 Å². The van der Waals surface area contributed by atoms with E-state index in [1.54, 1.807) is 14.2 Å². The molecule has 2 heterocycles. The summed E-state index contributed by atoms with van der Waals surface area (Å²) in [6.45, 7) is 8.21. The summed E-state index contributed by atoms with van der Waals surface area (Å²) >= 11 is 0. The van der Waals surface area contributed by atoms with Gasteiger partial charge in [0, 0.05) is 61.1 Å². The van der Waals surface area contributed by atoms with Crippen molar-refractivity contribution in [2.75, 3.05) is 50.2 Å². The van der Waals surface area contributed by atoms with E-state index in [0.29, 0.717) is 0 Å². The number of piperazine rings is 1. The SMILES string of the molecule is COc1ccc(N2CCN(c3c(-c4cccnc4)cc(OC)c(C)c3C)CC2)cc1.O=C(O)C(F)(F)F.O=C(O)C(F)(F)F. The van der Waals surface area contributed by atoms with Crippen molar-refractivity contribution in [3.05, 3.63) is 66.0 Å². The number of rotatable bonds is 5. The maximum absolute atomic E-state index is 10.6. The van der Waals surface area contributed by atoms with Crippen LogP contribution in [-0.4, -0.2) is 79.9 Å². The van der Waals surface area contributed by atoms with Gasteiger partial charge in [0.2, 0.25) is 0 Å². The van der Waals surface area contributed by atoms with Crippen molar-refractivity contribution in [3.63, 3.8) is 0 Å². The average molecular weight is 632 g/mol. The van der Waals surface area contributed by atoms with Gasteiger partial charge in [0.15, 0.2) is 0 Å². The van der Waals surface area contributed by atoms with Crippen LogP contribution >= 0.6 is 0 Å². The Bertz CT molecular complexity index is 1370. The number of aliphatic carboxylic acids is 2. The third kappa shape index (κ3) is 9.67. The second-order valence-electron chi connectivity index (χ2n) is 9.24. The lowest BCUT2D eigenvalue weighted by Crippen LogP contribution is -2.47. The number of pyridine rings is 1. The second kappa shape index (κ2) is 15.2. The van der Waals surface area contributed by atoms with Crippen LogP contribution in [0.3, 0.4) is 0 Å². The monoisotopic (exact) mass is 631 g/mol. The number of aromatic nitrogens is 1. The number of benzene rings is 2. The Morgan fingerprint density at radius 3 is 1.70 bits per heavy atom. The molecule has 0 radical (unpaired) electrons. The highest BCUT2D eigenvalue weighted by atomic mass is 19.4. The number of anilines is 2. The lowest BCUT2D eigenvalue weighted by molar-refractivity contribution is -0.193. The van der Waals surface area contributed by atoms with Gasteiger partial charge in [0.25, 0.3) is 0 Å². The molecule has 0 saturated carbocycles. The van der Waals surface area contributed by atoms with Gasteiger partial charge >= 0.3 is 24.3 Å². The lowest BCUT2D eigenvalue weighted by atomic mass is 9.96. The molecule has 3 aromatic rings. The van der Waals surface area contributed by atoms with E-state index in [2.05, 4.69) is 52.9 Å². The van der Waals surface area contributed by atoms with Crippen LogP contribution in [0.15, 0.2) is 54.9 Å². The Labute approximate surface area is 249 Å². The predicted octanol–water partition coefficient (Wildman–Crippen LogP) is 5.98. The Kier molecular flexibility index (Phi) is 12.2. The van der Waals surface area contributed by atoms with Gasteiger partial charge < -0.3 is 29.5 Å². The van der Waals surface area contributed by atoms with Crippen molar-refractivity contribution in [2.45, 2.75) is 26.2 Å². The summed E-state index contributed by atoms with van der Waals surface area (Å²) in [6, 6.07) is 14.6. The molecule has 0 aliphatic carbocycles. The Hall–Kier alpha value is -4.69. The van der Waals surface area contributed by atoms with E-state index in [4.69, 9.17) is 29.3 Å². The van der Waals surface area contributed by atoms with Crippen LogP contribution in [0.4, 0.5) is 37.7 Å². The van der Waals surface area contributed by atoms with Gasteiger partial charge in [-0.05, 0) is 61.4 Å². The zero-order valence-corrected chi connectivity index (χ0v) is 24.2. The topological polar surface area (TPSA) is 112 Å². The summed E-state index contributed by atoms with van der Waals surface area (Å²) < 4.78 is 74.4. The summed E-state index contributed by atoms with van der Waals surface area (Å²) in [6.07, 6.45) is -6.42. The van der Waals surface area contributed by atoms with Crippen LogP contribution in [0.2, 0.25) is 0 Å². The number of carboxylic acid groups (broad SMARTS) is 2. The van der Waals surface area contributed by atoms with E-state index in [-0.39, 0.29) is 0 Å². The fraction of sp³-hybridized carbons (Fsp3) is 0.345. The number of hydrogen-bond acceptors (Lipinski definition) is 7. The quantitative estimate of drug-likeness (QED) is 0.329. The molecule has 0 atom stereocenters. The summed E-state index contributed by atoms with van der Waals surface area (Å²) in [4.78, 5) is 27.1. The van der Waals surface area contributed by atoms with Crippen molar-refractivity contribution < 1.29 is 55.6 Å². The first-order valence-electron chi connectivity index (χ1n) is 12.8. The minimum atomic E-state index is -5.08. The normalized spacial score (nSPS) is 13.1. The van der Waals surface area contributed by atoms with Crippen LogP contribution in [0.25, 0.3) is 11.1 Å². The van der Waals surface area contributed by atoms with Gasteiger partial charge in [-0.25, -0.2) is 9.59 Å². The summed E-state index contributed by atoms with van der Waals surface area (Å²) in [7, 11) is 3.44. The van der Waals surface area contributed by atoms with E-state index in [9.17, 15) is 26.3 Å². The van der Waals surface area contributed by atoms with Crippen molar-refractivity contribution in [3.8, 4) is 22.6 Å². The second-order valence-corrected chi connectivity index (χ2v) is 9.24. The number of methoxy groups -OCH3 is 2. The third-order valence-electron chi connectivity index (χ3n) is 6.53. The highest BCUT2D eigenvalue weighted by Crippen LogP contribution is 2.40. The van der Waals surface area contributed by atoms with Crippen LogP contribution in [0.1, 0.15) is 11.1 Å². The number of carbonyl (C=O) groups is 2. The molecule has 0 amide bonds. The van der Waals surface area contributed by atoms with E-state index in [1.165, 1.54) is 28.1 Å². The van der Waals surface area contributed by atoms with Gasteiger partial charge in [-0.1, -0.05) is 6.07 Å². The lowest BCUT2D eigenvalue weighted by Gasteiger charge is -2.39. The number of hydrogen-bond donors (Lipinski definition) is 2. The Morgan fingerprint density at radius 2 is 1.30 bits per heavy atom. The number of nitrogens with zero attached hydrogens (tertiary/aromatic N) is 3. The molecule has 0 unspecified atom stereocenters. The molecule has 2 N–H and O–H groups in total. The smallest absolute Gasteiger partial charge is 0.490 e. The maximum atomic E-state index is 10.6. The van der Waals surface area contributed by atoms with Gasteiger partial charge in [0.1, 0.15) is 11.5 Å². The first kappa shape index (κ1) is 35.5. The molecule has 240 valence electrons. The highest BCUT2D eigenvalue weighted by Gasteiger charge is 2.38. The van der Waals surface area contributed by atoms with Gasteiger partial charge in [0.05, 0.1) is 14.2 Å². The van der Waals surface area contributed by atoms with Crippen molar-refractivity contribution >= 4 is 23.3 Å². The van der Waals surface area contributed by atoms with Gasteiger partial charge in [-0.2, -0.15) is 26.3 Å². The number of ether oxygens (including phenoxy) is 2. The minimum absolute atomic E-state index is 0.892. The molecule has 1 aromatic heterocycles. The van der Waals surface area contributed by atoms with Gasteiger partial charge in [-0.15, -0.1) is 0 Å². The molecule has 2 aromatic carbocycles. The van der Waals surface area contributed by atoms with Crippen LogP contribution in [-0.2, 0) is 9.59 Å². The number of carboxylic acids is 2. The fourth-order valence-corrected chi connectivity index (χ4v) is 4.22. The molecule has 15 heteroatoms. The van der Waals surface area contributed by atoms with E-state index < -0.39 is 24.3 Å². The molecular formula is C29H31F6N3O6. The molecule has 44 heavy (non-hydrogen) atoms. The number of halogens is 6. The van der Waals surface area contributed by atoms with Crippen LogP contribution in [0.5, 0.6) is 11.5 Å². The molecular weight excluding hydrogens is 600 g/mol. The Morgan fingerprint density at radius 1 is 0.795 bits per heavy atom. The third-order valence-corrected chi connectivity index (χ3v) is 6.53. The molecule has 1 aliphatic heterocycles. The van der Waals surface area contributed by atoms with Crippen molar-refractivity contribution in [1.29, 1.82) is 0 Å². The maximum Gasteiger partial charge on any atom is 0.490 e. The largest absolute Gasteiger partial charge is 0.497 e. The Balaban J connectivity index is 0.000000402. The van der Waals surface area contributed by atoms with E-state index in [0.717, 1.165) is 43.2 Å². The molecule has 0 bridgehead atoms. The number of alkyl halides is 6. The van der Waals surface area contributed by atoms with Crippen LogP contribution < -0.4 is 19.3 Å². The summed E-state index contributed by atoms with van der Waals surface area (Å²) in [5.41, 5.74) is 7.29. The van der Waals surface area contributed by atoms with Gasteiger partial charge in [-0.3, -0.25) is 4.98 Å². The molecule has 4 rings (SSSR count). The summed E-state index contributed by atoms with van der Waals surface area (Å²) in [5, 5.41) is 14.2. The first-order chi connectivity index (χ1) is 20.5. The molecule has 0 spiro atoms. The zero-order valence-electron chi connectivity index (χ0n) is 24.2. The standard InChI is InChI=1S/C25H29N3O2.2C2HF3O2/c1-18-19(2)25(23(16-24(18)30-4)20-6-5-11-26-17-20)28-14-12-27(13-15-28)21-7-9-22(29-3)10-8-21;2*3-2(4,5)1(6)7/h5-11,16-17H,12-15H2,1-4H3;2*(H,6,7). The van der Waals surface area contributed by atoms with Crippen molar-refractivity contribution in [2.24, 2.45) is 0 Å². The van der Waals surface area contributed by atoms with E-state index in [1.807, 2.05) is 30.6 Å². The summed E-state index contributed by atoms with van der Waals surface area (Å²) in [5.74, 6) is -3.70. The molecule has 1 fully saturated rings. The first-order valence-corrected chi connectivity index (χ1v) is 12.8. The molecule has 1 saturated heterocycles. The molecule has 9 nitrogen and oxygen atoms in total. The van der Waals surface area contributed by atoms with Crippen LogP contribution in [0, 0.1) is 13.8 Å².